The molecule has 0 spiro atoms. The highest BCUT2D eigenvalue weighted by Gasteiger charge is 2.22. The van der Waals surface area contributed by atoms with E-state index in [9.17, 15) is 4.79 Å². The van der Waals surface area contributed by atoms with Gasteiger partial charge in [0.05, 0.1) is 0 Å². The molecule has 2 aromatic rings. The minimum atomic E-state index is -0.962. The number of aryl methyl sites for hydroxylation is 1. The van der Waals surface area contributed by atoms with Crippen molar-refractivity contribution < 1.29 is 9.90 Å². The van der Waals surface area contributed by atoms with E-state index in [-0.39, 0.29) is 0 Å². The van der Waals surface area contributed by atoms with Gasteiger partial charge in [0.2, 0.25) is 0 Å². The van der Waals surface area contributed by atoms with Gasteiger partial charge in [0, 0.05) is 49.2 Å². The number of likely N-dealkylation sites (N-methyl/N-ethyl adjacent to an activating group) is 1. The Morgan fingerprint density at radius 3 is 3.00 bits per heavy atom. The van der Waals surface area contributed by atoms with Gasteiger partial charge in [-0.05, 0) is 31.7 Å². The second kappa shape index (κ2) is 5.41. The summed E-state index contributed by atoms with van der Waals surface area (Å²) < 4.78 is 2.28. The number of nitrogens with one attached hydrogen (secondary N) is 1. The van der Waals surface area contributed by atoms with Gasteiger partial charge in [0.25, 0.3) is 0 Å². The second-order valence-corrected chi connectivity index (χ2v) is 5.82. The molecule has 2 heterocycles. The molecule has 1 aromatic heterocycles. The van der Waals surface area contributed by atoms with Crippen LogP contribution in [0.1, 0.15) is 16.8 Å². The average Bonchev–Trinajstić information content (AvgIpc) is 2.72. The maximum Gasteiger partial charge on any atom is 0.404 e. The number of carbonyl (C=O) groups is 1. The number of hydrogen-bond donors (Lipinski definition) is 2. The number of amides is 1. The summed E-state index contributed by atoms with van der Waals surface area (Å²) in [5.74, 6) is 0. The molecule has 0 saturated heterocycles. The van der Waals surface area contributed by atoms with Gasteiger partial charge in [0.1, 0.15) is 0 Å². The third kappa shape index (κ3) is 2.61. The quantitative estimate of drug-likeness (QED) is 0.910. The molecule has 0 bridgehead atoms. The van der Waals surface area contributed by atoms with Crippen LogP contribution in [0.5, 0.6) is 0 Å². The fourth-order valence-corrected chi connectivity index (χ4v) is 3.23. The summed E-state index contributed by atoms with van der Waals surface area (Å²) in [5.41, 5.74) is 5.24. The van der Waals surface area contributed by atoms with Gasteiger partial charge in [0.15, 0.2) is 0 Å². The van der Waals surface area contributed by atoms with Crippen LogP contribution in [0.25, 0.3) is 10.9 Å². The van der Waals surface area contributed by atoms with E-state index in [2.05, 4.69) is 47.0 Å². The molecule has 2 N–H and O–H groups in total. The van der Waals surface area contributed by atoms with E-state index in [4.69, 9.17) is 5.11 Å². The van der Waals surface area contributed by atoms with Crippen molar-refractivity contribution in [2.75, 3.05) is 20.1 Å². The van der Waals surface area contributed by atoms with Crippen molar-refractivity contribution in [3.8, 4) is 0 Å². The van der Waals surface area contributed by atoms with Gasteiger partial charge >= 0.3 is 6.09 Å². The molecule has 0 unspecified atom stereocenters. The molecule has 1 aliphatic heterocycles. The maximum absolute atomic E-state index is 10.6. The van der Waals surface area contributed by atoms with Crippen molar-refractivity contribution in [2.45, 2.75) is 26.4 Å². The van der Waals surface area contributed by atoms with Crippen molar-refractivity contribution >= 4 is 17.0 Å². The maximum atomic E-state index is 10.6. The van der Waals surface area contributed by atoms with Gasteiger partial charge in [-0.25, -0.2) is 4.79 Å². The molecule has 0 saturated carbocycles. The Morgan fingerprint density at radius 1 is 1.43 bits per heavy atom. The lowest BCUT2D eigenvalue weighted by Gasteiger charge is -2.24. The van der Waals surface area contributed by atoms with E-state index < -0.39 is 6.09 Å². The number of rotatable bonds is 3. The first-order valence-electron chi connectivity index (χ1n) is 7.32. The highest BCUT2D eigenvalue weighted by Crippen LogP contribution is 2.31. The molecule has 0 fully saturated rings. The smallest absolute Gasteiger partial charge is 0.404 e. The molecule has 0 aliphatic carbocycles. The minimum Gasteiger partial charge on any atom is -0.465 e. The van der Waals surface area contributed by atoms with Crippen molar-refractivity contribution in [1.29, 1.82) is 0 Å². The fourth-order valence-electron chi connectivity index (χ4n) is 3.23. The van der Waals surface area contributed by atoms with Crippen molar-refractivity contribution in [1.82, 2.24) is 14.8 Å². The van der Waals surface area contributed by atoms with Crippen LogP contribution in [0.4, 0.5) is 4.79 Å². The number of hydrogen-bond acceptors (Lipinski definition) is 2. The SMILES string of the molecule is Cc1ccc2c(c1)c1c(n2CCNC(=O)O)CCN(C)C1. The van der Waals surface area contributed by atoms with Gasteiger partial charge in [-0.3, -0.25) is 0 Å². The predicted molar refractivity (Wildman–Crippen MR) is 82.7 cm³/mol. The van der Waals surface area contributed by atoms with Crippen LogP contribution >= 0.6 is 0 Å². The Kier molecular flexibility index (Phi) is 3.59. The Balaban J connectivity index is 2.03. The van der Waals surface area contributed by atoms with E-state index in [1.165, 1.54) is 27.7 Å². The van der Waals surface area contributed by atoms with Gasteiger partial charge in [-0.2, -0.15) is 0 Å². The molecule has 0 atom stereocenters. The molecule has 5 heteroatoms. The molecular formula is C16H21N3O2. The summed E-state index contributed by atoms with van der Waals surface area (Å²) in [4.78, 5) is 13.0. The number of fused-ring (bicyclic) bond motifs is 3. The highest BCUT2D eigenvalue weighted by atomic mass is 16.4. The zero-order chi connectivity index (χ0) is 15.0. The van der Waals surface area contributed by atoms with Gasteiger partial charge < -0.3 is 19.9 Å². The third-order valence-corrected chi connectivity index (χ3v) is 4.21. The van der Waals surface area contributed by atoms with Crippen LogP contribution in [0.2, 0.25) is 0 Å². The summed E-state index contributed by atoms with van der Waals surface area (Å²) in [6, 6.07) is 6.52. The summed E-state index contributed by atoms with van der Waals surface area (Å²) in [6.07, 6.45) is 0.0583. The van der Waals surface area contributed by atoms with Crippen LogP contribution in [0.3, 0.4) is 0 Å². The van der Waals surface area contributed by atoms with Crippen LogP contribution in [0, 0.1) is 6.92 Å². The van der Waals surface area contributed by atoms with Crippen molar-refractivity contribution in [2.24, 2.45) is 0 Å². The molecular weight excluding hydrogens is 266 g/mol. The van der Waals surface area contributed by atoms with Crippen LogP contribution in [-0.4, -0.2) is 40.8 Å². The molecule has 112 valence electrons. The summed E-state index contributed by atoms with van der Waals surface area (Å²) >= 11 is 0. The Labute approximate surface area is 124 Å². The number of benzene rings is 1. The molecule has 1 aromatic carbocycles. The first-order chi connectivity index (χ1) is 10.1. The number of aromatic nitrogens is 1. The molecule has 5 nitrogen and oxygen atoms in total. The Hall–Kier alpha value is -2.01. The second-order valence-electron chi connectivity index (χ2n) is 5.82. The van der Waals surface area contributed by atoms with E-state index in [1.54, 1.807) is 0 Å². The molecule has 3 rings (SSSR count). The van der Waals surface area contributed by atoms with Crippen molar-refractivity contribution in [3.05, 3.63) is 35.0 Å². The van der Waals surface area contributed by atoms with Crippen LogP contribution in [0.15, 0.2) is 18.2 Å². The highest BCUT2D eigenvalue weighted by molar-refractivity contribution is 5.86. The first-order valence-corrected chi connectivity index (χ1v) is 7.32. The zero-order valence-electron chi connectivity index (χ0n) is 12.5. The lowest BCUT2D eigenvalue weighted by atomic mass is 10.0. The summed E-state index contributed by atoms with van der Waals surface area (Å²) in [7, 11) is 2.15. The minimum absolute atomic E-state index is 0.440. The van der Waals surface area contributed by atoms with E-state index in [0.29, 0.717) is 13.1 Å². The fraction of sp³-hybridized carbons (Fsp3) is 0.438. The lowest BCUT2D eigenvalue weighted by Crippen LogP contribution is -2.29. The molecule has 0 radical (unpaired) electrons. The normalized spacial score (nSPS) is 15.1. The average molecular weight is 287 g/mol. The van der Waals surface area contributed by atoms with Crippen molar-refractivity contribution in [3.63, 3.8) is 0 Å². The van der Waals surface area contributed by atoms with E-state index >= 15 is 0 Å². The monoisotopic (exact) mass is 287 g/mol. The predicted octanol–water partition coefficient (Wildman–Crippen LogP) is 2.21. The summed E-state index contributed by atoms with van der Waals surface area (Å²) in [6.45, 7) is 5.26. The Bertz CT molecular complexity index is 690. The molecule has 1 aliphatic rings. The third-order valence-electron chi connectivity index (χ3n) is 4.21. The number of nitrogens with zero attached hydrogens (tertiary/aromatic N) is 2. The molecule has 21 heavy (non-hydrogen) atoms. The van der Waals surface area contributed by atoms with Crippen LogP contribution in [-0.2, 0) is 19.5 Å². The first kappa shape index (κ1) is 13.9. The van der Waals surface area contributed by atoms with Gasteiger partial charge in [-0.1, -0.05) is 11.6 Å². The Morgan fingerprint density at radius 2 is 2.24 bits per heavy atom. The number of carboxylic acid groups (broad SMARTS) is 1. The standard InChI is InChI=1S/C16H21N3O2/c1-11-3-4-14-12(9-11)13-10-18(2)7-5-15(13)19(14)8-6-17-16(20)21/h3-4,9,17H,5-8,10H2,1-2H3,(H,20,21). The lowest BCUT2D eigenvalue weighted by molar-refractivity contribution is 0.194. The van der Waals surface area contributed by atoms with E-state index in [1.807, 2.05) is 0 Å². The zero-order valence-corrected chi connectivity index (χ0v) is 12.5. The topological polar surface area (TPSA) is 57.5 Å². The van der Waals surface area contributed by atoms with E-state index in [0.717, 1.165) is 19.5 Å². The molecule has 1 amide bonds. The summed E-state index contributed by atoms with van der Waals surface area (Å²) in [5, 5.41) is 12.5. The largest absolute Gasteiger partial charge is 0.465 e. The van der Waals surface area contributed by atoms with Gasteiger partial charge in [-0.15, -0.1) is 0 Å². The van der Waals surface area contributed by atoms with Crippen LogP contribution < -0.4 is 5.32 Å².